The van der Waals surface area contributed by atoms with Crippen LogP contribution in [0.15, 0.2) is 6.33 Å². The van der Waals surface area contributed by atoms with Crippen LogP contribution in [0.1, 0.15) is 10.6 Å². The Morgan fingerprint density at radius 3 is 3.00 bits per heavy atom. The third-order valence-electron chi connectivity index (χ3n) is 0.977. The van der Waals surface area contributed by atoms with E-state index in [4.69, 9.17) is 0 Å². The van der Waals surface area contributed by atoms with E-state index in [9.17, 15) is 9.59 Å². The van der Waals surface area contributed by atoms with Gasteiger partial charge in [0.05, 0.1) is 7.11 Å². The number of nitrogens with zero attached hydrogens (tertiary/aromatic N) is 3. The topological polar surface area (TPSA) is 74.1 Å². The minimum Gasteiger partial charge on any atom is -0.451 e. The highest BCUT2D eigenvalue weighted by Crippen LogP contribution is 1.86. The summed E-state index contributed by atoms with van der Waals surface area (Å²) in [5.41, 5.74) is 0. The Morgan fingerprint density at radius 2 is 2.55 bits per heavy atom. The van der Waals surface area contributed by atoms with Crippen molar-refractivity contribution in [2.75, 3.05) is 7.11 Å². The van der Waals surface area contributed by atoms with Crippen molar-refractivity contribution in [1.29, 1.82) is 0 Å². The maximum Gasteiger partial charge on any atom is 0.435 e. The fourth-order valence-corrected chi connectivity index (χ4v) is 0.511. The highest BCUT2D eigenvalue weighted by molar-refractivity contribution is 5.72. The van der Waals surface area contributed by atoms with Crippen LogP contribution in [0.2, 0.25) is 0 Å². The normalized spacial score (nSPS) is 9.18. The molecule has 11 heavy (non-hydrogen) atoms. The van der Waals surface area contributed by atoms with E-state index in [0.717, 1.165) is 11.0 Å². The Balaban J connectivity index is 2.88. The van der Waals surface area contributed by atoms with Gasteiger partial charge in [-0.1, -0.05) is 0 Å². The summed E-state index contributed by atoms with van der Waals surface area (Å²) in [6, 6.07) is 0. The molecule has 1 aromatic heterocycles. The molecule has 0 amide bonds. The molecule has 0 bridgehead atoms. The molecule has 58 valence electrons. The van der Waals surface area contributed by atoms with Crippen molar-refractivity contribution in [2.45, 2.75) is 0 Å². The van der Waals surface area contributed by atoms with E-state index in [2.05, 4.69) is 14.8 Å². The summed E-state index contributed by atoms with van der Waals surface area (Å²) in [7, 11) is 1.21. The van der Waals surface area contributed by atoms with Gasteiger partial charge in [-0.3, -0.25) is 4.79 Å². The summed E-state index contributed by atoms with van der Waals surface area (Å²) in [6.07, 6.45) is 0.875. The van der Waals surface area contributed by atoms with E-state index in [1.165, 1.54) is 7.11 Å². The molecule has 1 aromatic rings. The standard InChI is InChI=1S/C5H5N3O3/c1-11-5(10)8-3-6-4(2-9)7-8/h2-3H,1H3. The van der Waals surface area contributed by atoms with Gasteiger partial charge in [-0.25, -0.2) is 9.78 Å². The summed E-state index contributed by atoms with van der Waals surface area (Å²) in [5, 5.41) is 3.46. The van der Waals surface area contributed by atoms with E-state index in [-0.39, 0.29) is 5.82 Å². The van der Waals surface area contributed by atoms with Crippen LogP contribution < -0.4 is 0 Å². The number of hydrogen-bond acceptors (Lipinski definition) is 5. The molecule has 6 nitrogen and oxygen atoms in total. The predicted molar refractivity (Wildman–Crippen MR) is 33.2 cm³/mol. The molecule has 0 saturated carbocycles. The number of aromatic nitrogens is 3. The largest absolute Gasteiger partial charge is 0.451 e. The first kappa shape index (κ1) is 7.39. The fourth-order valence-electron chi connectivity index (χ4n) is 0.511. The van der Waals surface area contributed by atoms with Gasteiger partial charge in [0.2, 0.25) is 5.82 Å². The Labute approximate surface area is 61.8 Å². The summed E-state index contributed by atoms with van der Waals surface area (Å²) >= 11 is 0. The molecule has 1 heterocycles. The van der Waals surface area contributed by atoms with E-state index in [1.807, 2.05) is 0 Å². The molecule has 0 aromatic carbocycles. The maximum absolute atomic E-state index is 10.7. The second-order valence-electron chi connectivity index (χ2n) is 1.64. The van der Waals surface area contributed by atoms with Crippen LogP contribution >= 0.6 is 0 Å². The Hall–Kier alpha value is -1.72. The van der Waals surface area contributed by atoms with Gasteiger partial charge in [0.25, 0.3) is 0 Å². The van der Waals surface area contributed by atoms with Crippen LogP contribution in [0.4, 0.5) is 4.79 Å². The zero-order chi connectivity index (χ0) is 8.27. The molecule has 0 atom stereocenters. The lowest BCUT2D eigenvalue weighted by Gasteiger charge is -1.93. The second-order valence-corrected chi connectivity index (χ2v) is 1.64. The summed E-state index contributed by atoms with van der Waals surface area (Å²) in [6.45, 7) is 0. The smallest absolute Gasteiger partial charge is 0.435 e. The first-order valence-electron chi connectivity index (χ1n) is 2.73. The molecule has 0 radical (unpaired) electrons. The number of aldehydes is 1. The van der Waals surface area contributed by atoms with Crippen LogP contribution in [-0.2, 0) is 4.74 Å². The van der Waals surface area contributed by atoms with Crippen molar-refractivity contribution in [3.63, 3.8) is 0 Å². The number of hydrogen-bond donors (Lipinski definition) is 0. The molecule has 0 aliphatic carbocycles. The average Bonchev–Trinajstić information content (AvgIpc) is 2.50. The van der Waals surface area contributed by atoms with Crippen molar-refractivity contribution in [3.05, 3.63) is 12.2 Å². The zero-order valence-corrected chi connectivity index (χ0v) is 5.72. The van der Waals surface area contributed by atoms with Gasteiger partial charge in [0, 0.05) is 0 Å². The van der Waals surface area contributed by atoms with Gasteiger partial charge in [-0.2, -0.15) is 4.68 Å². The van der Waals surface area contributed by atoms with Gasteiger partial charge in [-0.15, -0.1) is 5.10 Å². The predicted octanol–water partition coefficient (Wildman–Crippen LogP) is -0.295. The molecule has 0 spiro atoms. The molecule has 0 unspecified atom stereocenters. The zero-order valence-electron chi connectivity index (χ0n) is 5.72. The molecule has 6 heteroatoms. The lowest BCUT2D eigenvalue weighted by molar-refractivity contribution is 0.111. The lowest BCUT2D eigenvalue weighted by atomic mass is 10.7. The van der Waals surface area contributed by atoms with E-state index in [0.29, 0.717) is 6.29 Å². The summed E-state index contributed by atoms with van der Waals surface area (Å²) in [5.74, 6) is -0.0459. The van der Waals surface area contributed by atoms with Gasteiger partial charge in [0.1, 0.15) is 6.33 Å². The van der Waals surface area contributed by atoms with Crippen molar-refractivity contribution in [1.82, 2.24) is 14.8 Å². The van der Waals surface area contributed by atoms with Crippen LogP contribution in [0.5, 0.6) is 0 Å². The first-order chi connectivity index (χ1) is 5.27. The molecule has 0 N–H and O–H groups in total. The molecule has 1 rings (SSSR count). The van der Waals surface area contributed by atoms with E-state index in [1.54, 1.807) is 0 Å². The number of carbonyl (C=O) groups is 2. The van der Waals surface area contributed by atoms with Gasteiger partial charge in [-0.05, 0) is 0 Å². The molecule has 0 aliphatic rings. The highest BCUT2D eigenvalue weighted by Gasteiger charge is 2.05. The number of methoxy groups -OCH3 is 1. The lowest BCUT2D eigenvalue weighted by Crippen LogP contribution is -2.11. The van der Waals surface area contributed by atoms with Crippen LogP contribution in [-0.4, -0.2) is 34.3 Å². The minimum atomic E-state index is -0.675. The van der Waals surface area contributed by atoms with Gasteiger partial charge >= 0.3 is 6.09 Å². The monoisotopic (exact) mass is 155 g/mol. The third kappa shape index (κ3) is 1.40. The number of rotatable bonds is 1. The maximum atomic E-state index is 10.7. The molecular weight excluding hydrogens is 150 g/mol. The molecule has 0 fully saturated rings. The third-order valence-corrected chi connectivity index (χ3v) is 0.977. The van der Waals surface area contributed by atoms with Gasteiger partial charge < -0.3 is 4.74 Å². The second kappa shape index (κ2) is 2.91. The SMILES string of the molecule is COC(=O)n1cnc(C=O)n1. The van der Waals surface area contributed by atoms with Crippen molar-refractivity contribution >= 4 is 12.4 Å². The van der Waals surface area contributed by atoms with Gasteiger partial charge in [0.15, 0.2) is 6.29 Å². The highest BCUT2D eigenvalue weighted by atomic mass is 16.5. The number of ether oxygens (including phenoxy) is 1. The van der Waals surface area contributed by atoms with Crippen LogP contribution in [0.25, 0.3) is 0 Å². The van der Waals surface area contributed by atoms with Crippen LogP contribution in [0, 0.1) is 0 Å². The number of carbonyl (C=O) groups excluding carboxylic acids is 2. The first-order valence-corrected chi connectivity index (χ1v) is 2.73. The quantitative estimate of drug-likeness (QED) is 0.520. The van der Waals surface area contributed by atoms with Crippen molar-refractivity contribution in [3.8, 4) is 0 Å². The van der Waals surface area contributed by atoms with E-state index >= 15 is 0 Å². The Kier molecular flexibility index (Phi) is 1.95. The summed E-state index contributed by atoms with van der Waals surface area (Å²) in [4.78, 5) is 24.2. The Bertz CT molecular complexity index is 280. The van der Waals surface area contributed by atoms with Crippen LogP contribution in [0.3, 0.4) is 0 Å². The van der Waals surface area contributed by atoms with E-state index < -0.39 is 6.09 Å². The van der Waals surface area contributed by atoms with Crippen molar-refractivity contribution < 1.29 is 14.3 Å². The minimum absolute atomic E-state index is 0.0459. The van der Waals surface area contributed by atoms with Crippen molar-refractivity contribution in [2.24, 2.45) is 0 Å². The summed E-state index contributed by atoms with van der Waals surface area (Å²) < 4.78 is 5.14. The fraction of sp³-hybridized carbons (Fsp3) is 0.200. The Morgan fingerprint density at radius 1 is 1.82 bits per heavy atom. The molecular formula is C5H5N3O3. The molecule has 0 saturated heterocycles. The average molecular weight is 155 g/mol. The molecule has 0 aliphatic heterocycles.